The standard InChI is InChI=1S/C17H31NO2S/c1-3-16(4-2)11-14(5-8-19-16)18-15-6-9-20-17(12-15)7-10-21-13-17/h14-15,18H,3-13H2,1-2H3. The molecular weight excluding hydrogens is 282 g/mol. The third-order valence-corrected chi connectivity index (χ3v) is 7.04. The minimum absolute atomic E-state index is 0.127. The molecule has 3 fully saturated rings. The summed E-state index contributed by atoms with van der Waals surface area (Å²) >= 11 is 2.06. The summed E-state index contributed by atoms with van der Waals surface area (Å²) in [5.74, 6) is 2.48. The smallest absolute Gasteiger partial charge is 0.0795 e. The van der Waals surface area contributed by atoms with Crippen LogP contribution in [0.1, 0.15) is 58.8 Å². The van der Waals surface area contributed by atoms with E-state index in [9.17, 15) is 0 Å². The van der Waals surface area contributed by atoms with Gasteiger partial charge in [-0.15, -0.1) is 0 Å². The fraction of sp³-hybridized carbons (Fsp3) is 1.00. The van der Waals surface area contributed by atoms with Gasteiger partial charge >= 0.3 is 0 Å². The van der Waals surface area contributed by atoms with E-state index < -0.39 is 0 Å². The van der Waals surface area contributed by atoms with Crippen LogP contribution in [0.25, 0.3) is 0 Å². The first kappa shape index (κ1) is 16.1. The normalized spacial score (nSPS) is 39.7. The van der Waals surface area contributed by atoms with E-state index in [0.29, 0.717) is 12.1 Å². The Morgan fingerprint density at radius 3 is 2.43 bits per heavy atom. The van der Waals surface area contributed by atoms with Gasteiger partial charge in [0.15, 0.2) is 0 Å². The molecule has 0 aromatic rings. The van der Waals surface area contributed by atoms with E-state index in [1.165, 1.54) is 43.6 Å². The van der Waals surface area contributed by atoms with Crippen molar-refractivity contribution < 1.29 is 9.47 Å². The van der Waals surface area contributed by atoms with Gasteiger partial charge in [-0.2, -0.15) is 11.8 Å². The van der Waals surface area contributed by atoms with Crippen LogP contribution in [0.2, 0.25) is 0 Å². The highest BCUT2D eigenvalue weighted by Gasteiger charge is 2.42. The van der Waals surface area contributed by atoms with E-state index in [-0.39, 0.29) is 11.2 Å². The third-order valence-electron chi connectivity index (χ3n) is 5.81. The van der Waals surface area contributed by atoms with Gasteiger partial charge in [0.1, 0.15) is 0 Å². The van der Waals surface area contributed by atoms with Crippen molar-refractivity contribution in [3.05, 3.63) is 0 Å². The van der Waals surface area contributed by atoms with Crippen LogP contribution in [0.15, 0.2) is 0 Å². The quantitative estimate of drug-likeness (QED) is 0.862. The summed E-state index contributed by atoms with van der Waals surface area (Å²) in [4.78, 5) is 0. The van der Waals surface area contributed by atoms with Crippen LogP contribution >= 0.6 is 11.8 Å². The van der Waals surface area contributed by atoms with Gasteiger partial charge in [0.05, 0.1) is 11.2 Å². The molecule has 3 atom stereocenters. The van der Waals surface area contributed by atoms with E-state index in [0.717, 1.165) is 26.1 Å². The van der Waals surface area contributed by atoms with Crippen molar-refractivity contribution in [3.63, 3.8) is 0 Å². The molecule has 3 rings (SSSR count). The topological polar surface area (TPSA) is 30.5 Å². The Balaban J connectivity index is 1.56. The Morgan fingerprint density at radius 2 is 1.76 bits per heavy atom. The molecule has 0 amide bonds. The highest BCUT2D eigenvalue weighted by atomic mass is 32.2. The van der Waals surface area contributed by atoms with E-state index in [1.54, 1.807) is 0 Å². The second kappa shape index (κ2) is 6.77. The maximum absolute atomic E-state index is 6.14. The van der Waals surface area contributed by atoms with Gasteiger partial charge in [-0.3, -0.25) is 0 Å². The molecule has 0 aliphatic carbocycles. The van der Waals surface area contributed by atoms with E-state index in [1.807, 2.05) is 0 Å². The van der Waals surface area contributed by atoms with Crippen molar-refractivity contribution in [2.24, 2.45) is 0 Å². The van der Waals surface area contributed by atoms with Gasteiger partial charge in [-0.1, -0.05) is 13.8 Å². The van der Waals surface area contributed by atoms with Crippen LogP contribution in [0.5, 0.6) is 0 Å². The zero-order chi connectivity index (χ0) is 14.8. The maximum Gasteiger partial charge on any atom is 0.0795 e. The molecule has 0 aromatic heterocycles. The summed E-state index contributed by atoms with van der Waals surface area (Å²) in [6.45, 7) is 6.40. The molecule has 122 valence electrons. The summed E-state index contributed by atoms with van der Waals surface area (Å²) in [5.41, 5.74) is 0.320. The number of hydrogen-bond donors (Lipinski definition) is 1. The fourth-order valence-electron chi connectivity index (χ4n) is 4.28. The zero-order valence-corrected chi connectivity index (χ0v) is 14.5. The molecule has 3 nitrogen and oxygen atoms in total. The Morgan fingerprint density at radius 1 is 1.05 bits per heavy atom. The second-order valence-corrected chi connectivity index (χ2v) is 8.22. The van der Waals surface area contributed by atoms with E-state index >= 15 is 0 Å². The number of ether oxygens (including phenoxy) is 2. The van der Waals surface area contributed by atoms with Crippen molar-refractivity contribution in [3.8, 4) is 0 Å². The number of rotatable bonds is 4. The molecule has 3 aliphatic heterocycles. The van der Waals surface area contributed by atoms with E-state index in [2.05, 4.69) is 30.9 Å². The predicted molar refractivity (Wildman–Crippen MR) is 89.1 cm³/mol. The number of hydrogen-bond acceptors (Lipinski definition) is 4. The minimum Gasteiger partial charge on any atom is -0.375 e. The average Bonchev–Trinajstić information content (AvgIpc) is 2.95. The lowest BCUT2D eigenvalue weighted by Gasteiger charge is -2.44. The first-order chi connectivity index (χ1) is 10.2. The van der Waals surface area contributed by atoms with Gasteiger partial charge in [-0.25, -0.2) is 0 Å². The molecule has 4 heteroatoms. The van der Waals surface area contributed by atoms with Gasteiger partial charge in [0, 0.05) is 31.1 Å². The lowest BCUT2D eigenvalue weighted by Crippen LogP contribution is -2.53. The monoisotopic (exact) mass is 313 g/mol. The molecular formula is C17H31NO2S. The lowest BCUT2D eigenvalue weighted by molar-refractivity contribution is -0.102. The van der Waals surface area contributed by atoms with Gasteiger partial charge in [0.25, 0.3) is 0 Å². The Hall–Kier alpha value is 0.230. The van der Waals surface area contributed by atoms with Crippen molar-refractivity contribution >= 4 is 11.8 Å². The highest BCUT2D eigenvalue weighted by molar-refractivity contribution is 7.99. The molecule has 1 spiro atoms. The molecule has 0 saturated carbocycles. The summed E-state index contributed by atoms with van der Waals surface area (Å²) < 4.78 is 12.3. The molecule has 3 heterocycles. The van der Waals surface area contributed by atoms with E-state index in [4.69, 9.17) is 9.47 Å². The predicted octanol–water partition coefficient (Wildman–Crippen LogP) is 3.37. The first-order valence-electron chi connectivity index (χ1n) is 8.81. The SMILES string of the molecule is CCC1(CC)CC(NC2CCOC3(CCSC3)C2)CCO1. The van der Waals surface area contributed by atoms with Crippen molar-refractivity contribution in [1.82, 2.24) is 5.32 Å². The average molecular weight is 314 g/mol. The van der Waals surface area contributed by atoms with Crippen molar-refractivity contribution in [1.29, 1.82) is 0 Å². The molecule has 0 radical (unpaired) electrons. The molecule has 1 N–H and O–H groups in total. The van der Waals surface area contributed by atoms with Crippen molar-refractivity contribution in [2.75, 3.05) is 24.7 Å². The van der Waals surface area contributed by atoms with Crippen LogP contribution in [0, 0.1) is 0 Å². The number of thioether (sulfide) groups is 1. The Kier molecular flexibility index (Phi) is 5.19. The minimum atomic E-state index is 0.127. The molecule has 3 saturated heterocycles. The summed E-state index contributed by atoms with van der Waals surface area (Å²) in [6, 6.07) is 1.28. The molecule has 21 heavy (non-hydrogen) atoms. The maximum atomic E-state index is 6.14. The lowest BCUT2D eigenvalue weighted by atomic mass is 9.84. The zero-order valence-electron chi connectivity index (χ0n) is 13.7. The first-order valence-corrected chi connectivity index (χ1v) is 9.96. The summed E-state index contributed by atoms with van der Waals surface area (Å²) in [7, 11) is 0. The van der Waals surface area contributed by atoms with Crippen molar-refractivity contribution in [2.45, 2.75) is 82.1 Å². The molecule has 3 unspecified atom stereocenters. The molecule has 0 bridgehead atoms. The Labute approximate surface area is 133 Å². The van der Waals surface area contributed by atoms with Crippen LogP contribution in [-0.2, 0) is 9.47 Å². The summed E-state index contributed by atoms with van der Waals surface area (Å²) in [5, 5.41) is 3.96. The third kappa shape index (κ3) is 3.60. The largest absolute Gasteiger partial charge is 0.375 e. The van der Waals surface area contributed by atoms with Gasteiger partial charge in [-0.05, 0) is 50.7 Å². The molecule has 0 aromatic carbocycles. The Bertz CT molecular complexity index is 324. The van der Waals surface area contributed by atoms with Crippen LogP contribution in [-0.4, -0.2) is 48.0 Å². The second-order valence-electron chi connectivity index (χ2n) is 7.12. The highest BCUT2D eigenvalue weighted by Crippen LogP contribution is 2.39. The van der Waals surface area contributed by atoms with Crippen LogP contribution < -0.4 is 5.32 Å². The van der Waals surface area contributed by atoms with Crippen LogP contribution in [0.3, 0.4) is 0 Å². The fourth-order valence-corrected chi connectivity index (χ4v) is 5.66. The van der Waals surface area contributed by atoms with Gasteiger partial charge < -0.3 is 14.8 Å². The number of nitrogens with one attached hydrogen (secondary N) is 1. The van der Waals surface area contributed by atoms with Gasteiger partial charge in [0.2, 0.25) is 0 Å². The summed E-state index contributed by atoms with van der Waals surface area (Å²) in [6.07, 6.45) is 8.25. The van der Waals surface area contributed by atoms with Crippen LogP contribution in [0.4, 0.5) is 0 Å². The molecule has 3 aliphatic rings.